The maximum atomic E-state index is 13.0. The van der Waals surface area contributed by atoms with Gasteiger partial charge in [-0.25, -0.2) is 4.39 Å². The van der Waals surface area contributed by atoms with E-state index in [0.29, 0.717) is 5.69 Å². The number of anilines is 1. The molecule has 1 amide bonds. The van der Waals surface area contributed by atoms with Gasteiger partial charge in [0.1, 0.15) is 5.82 Å². The van der Waals surface area contributed by atoms with Gasteiger partial charge in [0.15, 0.2) is 0 Å². The Bertz CT molecular complexity index is 610. The number of rotatable bonds is 4. The van der Waals surface area contributed by atoms with Crippen molar-refractivity contribution in [2.24, 2.45) is 0 Å². The van der Waals surface area contributed by atoms with Crippen LogP contribution >= 0.6 is 11.6 Å². The smallest absolute Gasteiger partial charge is 0.228 e. The zero-order valence-electron chi connectivity index (χ0n) is 11.1. The monoisotopic (exact) mass is 291 g/mol. The first kappa shape index (κ1) is 14.5. The third-order valence-corrected chi connectivity index (χ3v) is 3.29. The molecule has 2 nitrogen and oxygen atoms in total. The molecule has 2 aromatic rings. The normalized spacial score (nSPS) is 10.3. The summed E-state index contributed by atoms with van der Waals surface area (Å²) in [5.41, 5.74) is 2.67. The minimum absolute atomic E-state index is 0.00454. The highest BCUT2D eigenvalue weighted by molar-refractivity contribution is 6.31. The van der Waals surface area contributed by atoms with Crippen molar-refractivity contribution in [3.63, 3.8) is 0 Å². The fraction of sp³-hybridized carbons (Fsp3) is 0.188. The first-order valence-electron chi connectivity index (χ1n) is 6.41. The van der Waals surface area contributed by atoms with E-state index >= 15 is 0 Å². The van der Waals surface area contributed by atoms with Crippen LogP contribution in [0.4, 0.5) is 10.1 Å². The molecular weight excluding hydrogens is 277 g/mol. The molecule has 0 unspecified atom stereocenters. The van der Waals surface area contributed by atoms with Crippen molar-refractivity contribution in [1.82, 2.24) is 0 Å². The quantitative estimate of drug-likeness (QED) is 0.898. The Morgan fingerprint density at radius 2 is 1.80 bits per heavy atom. The highest BCUT2D eigenvalue weighted by atomic mass is 35.5. The molecule has 1 N–H and O–H groups in total. The van der Waals surface area contributed by atoms with Crippen LogP contribution in [0.1, 0.15) is 18.1 Å². The number of carbonyl (C=O) groups excluding carboxylic acids is 1. The molecule has 0 spiro atoms. The molecule has 0 aliphatic carbocycles. The molecule has 0 radical (unpaired) electrons. The lowest BCUT2D eigenvalue weighted by Gasteiger charge is -2.06. The first-order chi connectivity index (χ1) is 9.58. The molecule has 104 valence electrons. The number of carbonyl (C=O) groups is 1. The van der Waals surface area contributed by atoms with Crippen LogP contribution in [0.25, 0.3) is 0 Å². The van der Waals surface area contributed by atoms with Crippen molar-refractivity contribution in [3.05, 3.63) is 64.4 Å². The molecule has 2 aromatic carbocycles. The number of halogens is 2. The van der Waals surface area contributed by atoms with E-state index in [-0.39, 0.29) is 17.4 Å². The number of aryl methyl sites for hydroxylation is 1. The van der Waals surface area contributed by atoms with E-state index in [1.54, 1.807) is 0 Å². The fourth-order valence-corrected chi connectivity index (χ4v) is 2.04. The maximum absolute atomic E-state index is 13.0. The lowest BCUT2D eigenvalue weighted by atomic mass is 10.1. The fourth-order valence-electron chi connectivity index (χ4n) is 1.86. The number of hydrogen-bond donors (Lipinski definition) is 1. The molecule has 0 fully saturated rings. The molecule has 0 bridgehead atoms. The second kappa shape index (κ2) is 6.53. The summed E-state index contributed by atoms with van der Waals surface area (Å²) in [5.74, 6) is -0.656. The summed E-state index contributed by atoms with van der Waals surface area (Å²) in [4.78, 5) is 11.9. The Balaban J connectivity index is 1.99. The van der Waals surface area contributed by atoms with Crippen LogP contribution in [0.2, 0.25) is 5.02 Å². The molecule has 0 aromatic heterocycles. The van der Waals surface area contributed by atoms with Crippen molar-refractivity contribution in [2.45, 2.75) is 19.8 Å². The van der Waals surface area contributed by atoms with Crippen LogP contribution in [0, 0.1) is 5.82 Å². The van der Waals surface area contributed by atoms with Gasteiger partial charge in [0, 0.05) is 5.69 Å². The molecule has 0 atom stereocenters. The van der Waals surface area contributed by atoms with Crippen molar-refractivity contribution in [1.29, 1.82) is 0 Å². The van der Waals surface area contributed by atoms with Crippen molar-refractivity contribution >= 4 is 23.2 Å². The Morgan fingerprint density at radius 1 is 1.15 bits per heavy atom. The molecule has 0 aliphatic heterocycles. The predicted octanol–water partition coefficient (Wildman–Crippen LogP) is 4.22. The zero-order valence-corrected chi connectivity index (χ0v) is 11.9. The van der Waals surface area contributed by atoms with E-state index < -0.39 is 5.82 Å². The Kier molecular flexibility index (Phi) is 4.74. The molecule has 4 heteroatoms. The number of hydrogen-bond acceptors (Lipinski definition) is 1. The summed E-state index contributed by atoms with van der Waals surface area (Å²) in [5, 5.41) is 2.69. The molecule has 0 aliphatic rings. The highest BCUT2D eigenvalue weighted by Gasteiger charge is 2.06. The summed E-state index contributed by atoms with van der Waals surface area (Å²) in [7, 11) is 0. The van der Waals surface area contributed by atoms with Gasteiger partial charge < -0.3 is 5.32 Å². The van der Waals surface area contributed by atoms with Crippen molar-refractivity contribution < 1.29 is 9.18 Å². The lowest BCUT2D eigenvalue weighted by molar-refractivity contribution is -0.115. The number of benzene rings is 2. The van der Waals surface area contributed by atoms with Gasteiger partial charge in [-0.1, -0.05) is 42.8 Å². The van der Waals surface area contributed by atoms with Crippen molar-refractivity contribution in [2.75, 3.05) is 5.32 Å². The first-order valence-corrected chi connectivity index (χ1v) is 6.79. The van der Waals surface area contributed by atoms with Crippen LogP contribution in [0.15, 0.2) is 42.5 Å². The SMILES string of the molecule is CCc1ccc(CC(=O)Nc2ccc(F)c(Cl)c2)cc1. The highest BCUT2D eigenvalue weighted by Crippen LogP contribution is 2.19. The Hall–Kier alpha value is -1.87. The van der Waals surface area contributed by atoms with E-state index in [4.69, 9.17) is 11.6 Å². The van der Waals surface area contributed by atoms with E-state index in [1.807, 2.05) is 24.3 Å². The van der Waals surface area contributed by atoms with Gasteiger partial charge in [-0.15, -0.1) is 0 Å². The third-order valence-electron chi connectivity index (χ3n) is 3.00. The minimum atomic E-state index is -0.500. The van der Waals surface area contributed by atoms with Crippen LogP contribution in [-0.2, 0) is 17.6 Å². The number of amides is 1. The van der Waals surface area contributed by atoms with Gasteiger partial charge in [0.25, 0.3) is 0 Å². The lowest BCUT2D eigenvalue weighted by Crippen LogP contribution is -2.14. The summed E-state index contributed by atoms with van der Waals surface area (Å²) >= 11 is 5.66. The average molecular weight is 292 g/mol. The largest absolute Gasteiger partial charge is 0.326 e. The third kappa shape index (κ3) is 3.81. The molecular formula is C16H15ClFNO. The van der Waals surface area contributed by atoms with Gasteiger partial charge in [-0.05, 0) is 35.7 Å². The predicted molar refractivity (Wildman–Crippen MR) is 79.6 cm³/mol. The minimum Gasteiger partial charge on any atom is -0.326 e. The number of nitrogens with one attached hydrogen (secondary N) is 1. The second-order valence-electron chi connectivity index (χ2n) is 4.52. The summed E-state index contributed by atoms with van der Waals surface area (Å²) in [6, 6.07) is 12.0. The van der Waals surface area contributed by atoms with Crippen LogP contribution in [-0.4, -0.2) is 5.91 Å². The van der Waals surface area contributed by atoms with Crippen LogP contribution < -0.4 is 5.32 Å². The van der Waals surface area contributed by atoms with E-state index in [0.717, 1.165) is 12.0 Å². The molecule has 0 heterocycles. The maximum Gasteiger partial charge on any atom is 0.228 e. The Labute approximate surface area is 122 Å². The molecule has 0 saturated heterocycles. The van der Waals surface area contributed by atoms with E-state index in [9.17, 15) is 9.18 Å². The van der Waals surface area contributed by atoms with E-state index in [1.165, 1.54) is 23.8 Å². The van der Waals surface area contributed by atoms with Gasteiger partial charge in [-0.2, -0.15) is 0 Å². The van der Waals surface area contributed by atoms with Gasteiger partial charge in [0.2, 0.25) is 5.91 Å². The summed E-state index contributed by atoms with van der Waals surface area (Å²) < 4.78 is 13.0. The van der Waals surface area contributed by atoms with Gasteiger partial charge in [-0.3, -0.25) is 4.79 Å². The van der Waals surface area contributed by atoms with Crippen LogP contribution in [0.3, 0.4) is 0 Å². The van der Waals surface area contributed by atoms with Crippen LogP contribution in [0.5, 0.6) is 0 Å². The Morgan fingerprint density at radius 3 is 2.40 bits per heavy atom. The standard InChI is InChI=1S/C16H15ClFNO/c1-2-11-3-5-12(6-4-11)9-16(20)19-13-7-8-15(18)14(17)10-13/h3-8,10H,2,9H2,1H3,(H,19,20). The van der Waals surface area contributed by atoms with Gasteiger partial charge in [0.05, 0.1) is 11.4 Å². The summed E-state index contributed by atoms with van der Waals surface area (Å²) in [6.07, 6.45) is 1.25. The van der Waals surface area contributed by atoms with E-state index in [2.05, 4.69) is 12.2 Å². The van der Waals surface area contributed by atoms with Crippen molar-refractivity contribution in [3.8, 4) is 0 Å². The molecule has 20 heavy (non-hydrogen) atoms. The topological polar surface area (TPSA) is 29.1 Å². The average Bonchev–Trinajstić information content (AvgIpc) is 2.44. The summed E-state index contributed by atoms with van der Waals surface area (Å²) in [6.45, 7) is 2.08. The van der Waals surface area contributed by atoms with Gasteiger partial charge >= 0.3 is 0 Å². The molecule has 0 saturated carbocycles. The zero-order chi connectivity index (χ0) is 14.5. The second-order valence-corrected chi connectivity index (χ2v) is 4.93. The molecule has 2 rings (SSSR count).